The van der Waals surface area contributed by atoms with Gasteiger partial charge < -0.3 is 26.4 Å². The summed E-state index contributed by atoms with van der Waals surface area (Å²) >= 11 is 0. The standard InChI is InChI=1S/C29H39N5O4/c1-6-19(4)34(16-24-15-22-9-7-8-10-25(22)32-24)29(37)38-17-21-11-13-23(14-12-21)33-27(35)20(5)31-28(36)26(30)18(2)3/h7-14,18,20,24,26,32H,4,6,15-17,30H2,1-3,5H3,(H,31,36)(H,33,35)/t20?,24-,26?/m0/s1. The zero-order chi connectivity index (χ0) is 27.8. The van der Waals surface area contributed by atoms with E-state index in [-0.39, 0.29) is 30.4 Å². The minimum atomic E-state index is -0.743. The summed E-state index contributed by atoms with van der Waals surface area (Å²) in [4.78, 5) is 39.1. The van der Waals surface area contributed by atoms with Crippen LogP contribution in [-0.2, 0) is 27.4 Å². The first-order valence-corrected chi connectivity index (χ1v) is 13.0. The Hall–Kier alpha value is -3.85. The van der Waals surface area contributed by atoms with Crippen LogP contribution in [0.25, 0.3) is 0 Å². The summed E-state index contributed by atoms with van der Waals surface area (Å²) in [5.74, 6) is -0.756. The first-order valence-electron chi connectivity index (χ1n) is 13.0. The average molecular weight is 522 g/mol. The first kappa shape index (κ1) is 28.7. The van der Waals surface area contributed by atoms with Crippen molar-refractivity contribution in [1.29, 1.82) is 0 Å². The second-order valence-electron chi connectivity index (χ2n) is 9.97. The number of carbonyl (C=O) groups excluding carboxylic acids is 3. The minimum absolute atomic E-state index is 0.0319. The number of hydrogen-bond donors (Lipinski definition) is 4. The Morgan fingerprint density at radius 1 is 1.11 bits per heavy atom. The molecular weight excluding hydrogens is 482 g/mol. The van der Waals surface area contributed by atoms with E-state index >= 15 is 0 Å². The summed E-state index contributed by atoms with van der Waals surface area (Å²) in [5, 5.41) is 8.87. The Bertz CT molecular complexity index is 1120. The van der Waals surface area contributed by atoms with Gasteiger partial charge in [-0.05, 0) is 55.0 Å². The molecule has 2 aromatic rings. The number of anilines is 2. The molecule has 38 heavy (non-hydrogen) atoms. The molecule has 0 saturated carbocycles. The van der Waals surface area contributed by atoms with Crippen LogP contribution in [0.4, 0.5) is 16.2 Å². The van der Waals surface area contributed by atoms with Crippen molar-refractivity contribution in [1.82, 2.24) is 10.2 Å². The number of para-hydroxylation sites is 1. The van der Waals surface area contributed by atoms with E-state index in [4.69, 9.17) is 10.5 Å². The van der Waals surface area contributed by atoms with Gasteiger partial charge in [-0.25, -0.2) is 4.79 Å². The van der Waals surface area contributed by atoms with E-state index in [9.17, 15) is 14.4 Å². The molecule has 0 spiro atoms. The van der Waals surface area contributed by atoms with Gasteiger partial charge in [-0.15, -0.1) is 0 Å². The monoisotopic (exact) mass is 521 g/mol. The van der Waals surface area contributed by atoms with E-state index in [0.717, 1.165) is 17.7 Å². The van der Waals surface area contributed by atoms with Crippen LogP contribution >= 0.6 is 0 Å². The van der Waals surface area contributed by atoms with Crippen LogP contribution in [0, 0.1) is 5.92 Å². The summed E-state index contributed by atoms with van der Waals surface area (Å²) in [7, 11) is 0. The summed E-state index contributed by atoms with van der Waals surface area (Å²) in [6.45, 7) is 11.8. The molecule has 0 aliphatic carbocycles. The predicted molar refractivity (Wildman–Crippen MR) is 149 cm³/mol. The Kier molecular flexibility index (Phi) is 9.90. The van der Waals surface area contributed by atoms with Crippen molar-refractivity contribution < 1.29 is 19.1 Å². The maximum atomic E-state index is 13.0. The number of amides is 3. The van der Waals surface area contributed by atoms with Crippen LogP contribution in [0.1, 0.15) is 45.2 Å². The van der Waals surface area contributed by atoms with Crippen molar-refractivity contribution in [3.05, 3.63) is 71.9 Å². The molecule has 204 valence electrons. The molecule has 3 atom stereocenters. The van der Waals surface area contributed by atoms with Crippen molar-refractivity contribution in [3.63, 3.8) is 0 Å². The number of nitrogens with zero attached hydrogens (tertiary/aromatic N) is 1. The second kappa shape index (κ2) is 13.1. The van der Waals surface area contributed by atoms with E-state index in [1.54, 1.807) is 36.1 Å². The predicted octanol–water partition coefficient (Wildman–Crippen LogP) is 4.01. The topological polar surface area (TPSA) is 126 Å². The molecule has 1 aliphatic rings. The lowest BCUT2D eigenvalue weighted by molar-refractivity contribution is -0.127. The molecule has 0 bridgehead atoms. The van der Waals surface area contributed by atoms with Gasteiger partial charge in [-0.3, -0.25) is 14.5 Å². The Labute approximate surface area is 224 Å². The maximum absolute atomic E-state index is 13.0. The van der Waals surface area contributed by atoms with Crippen LogP contribution < -0.4 is 21.7 Å². The third kappa shape index (κ3) is 7.58. The zero-order valence-electron chi connectivity index (χ0n) is 22.6. The maximum Gasteiger partial charge on any atom is 0.414 e. The van der Waals surface area contributed by atoms with Gasteiger partial charge in [0.25, 0.3) is 0 Å². The lowest BCUT2D eigenvalue weighted by Crippen LogP contribution is -2.50. The summed E-state index contributed by atoms with van der Waals surface area (Å²) in [6.07, 6.45) is 1.01. The zero-order valence-corrected chi connectivity index (χ0v) is 22.6. The largest absolute Gasteiger partial charge is 0.444 e. The fourth-order valence-corrected chi connectivity index (χ4v) is 4.07. The molecule has 1 aliphatic heterocycles. The van der Waals surface area contributed by atoms with Crippen LogP contribution in [0.2, 0.25) is 0 Å². The van der Waals surface area contributed by atoms with Gasteiger partial charge in [0, 0.05) is 29.7 Å². The smallest absolute Gasteiger partial charge is 0.414 e. The number of hydrogen-bond acceptors (Lipinski definition) is 6. The molecule has 3 amide bonds. The van der Waals surface area contributed by atoms with E-state index in [1.165, 1.54) is 5.56 Å². The molecule has 0 aromatic heterocycles. The van der Waals surface area contributed by atoms with Crippen LogP contribution in [0.15, 0.2) is 60.8 Å². The fraction of sp³-hybridized carbons (Fsp3) is 0.414. The molecule has 9 heteroatoms. The quantitative estimate of drug-likeness (QED) is 0.354. The van der Waals surface area contributed by atoms with Crippen LogP contribution in [0.5, 0.6) is 0 Å². The number of benzene rings is 2. The first-order chi connectivity index (χ1) is 18.1. The van der Waals surface area contributed by atoms with E-state index in [2.05, 4.69) is 28.6 Å². The molecule has 9 nitrogen and oxygen atoms in total. The number of rotatable bonds is 11. The molecule has 2 aromatic carbocycles. The van der Waals surface area contributed by atoms with E-state index in [0.29, 0.717) is 24.4 Å². The Balaban J connectivity index is 1.50. The van der Waals surface area contributed by atoms with Crippen LogP contribution in [-0.4, -0.2) is 47.5 Å². The molecule has 0 radical (unpaired) electrons. The van der Waals surface area contributed by atoms with Gasteiger partial charge in [-0.2, -0.15) is 0 Å². The van der Waals surface area contributed by atoms with Crippen molar-refractivity contribution >= 4 is 29.3 Å². The van der Waals surface area contributed by atoms with E-state index < -0.39 is 18.2 Å². The lowest BCUT2D eigenvalue weighted by Gasteiger charge is -2.26. The molecule has 0 saturated heterocycles. The normalized spacial score (nSPS) is 15.6. The van der Waals surface area contributed by atoms with Gasteiger partial charge in [0.2, 0.25) is 11.8 Å². The highest BCUT2D eigenvalue weighted by molar-refractivity contribution is 5.97. The van der Waals surface area contributed by atoms with Crippen molar-refractivity contribution in [2.75, 3.05) is 17.2 Å². The van der Waals surface area contributed by atoms with Crippen molar-refractivity contribution in [2.24, 2.45) is 11.7 Å². The highest BCUT2D eigenvalue weighted by Crippen LogP contribution is 2.26. The number of nitrogens with two attached hydrogens (primary N) is 1. The highest BCUT2D eigenvalue weighted by atomic mass is 16.6. The molecule has 3 rings (SSSR count). The summed E-state index contributed by atoms with van der Waals surface area (Å²) in [6, 6.07) is 13.8. The second-order valence-corrected chi connectivity index (χ2v) is 9.97. The summed E-state index contributed by atoms with van der Waals surface area (Å²) < 4.78 is 5.60. The highest BCUT2D eigenvalue weighted by Gasteiger charge is 2.27. The van der Waals surface area contributed by atoms with Crippen LogP contribution in [0.3, 0.4) is 0 Å². The summed E-state index contributed by atoms with van der Waals surface area (Å²) in [5.41, 5.74) is 10.2. The molecule has 1 heterocycles. The van der Waals surface area contributed by atoms with Crippen molar-refractivity contribution in [2.45, 2.75) is 65.3 Å². The molecule has 0 fully saturated rings. The number of fused-ring (bicyclic) bond motifs is 1. The van der Waals surface area contributed by atoms with Gasteiger partial charge in [-0.1, -0.05) is 57.7 Å². The number of ether oxygens (including phenoxy) is 1. The third-order valence-corrected chi connectivity index (χ3v) is 6.61. The minimum Gasteiger partial charge on any atom is -0.444 e. The number of carbonyl (C=O) groups is 3. The number of allylic oxidation sites excluding steroid dienone is 1. The van der Waals surface area contributed by atoms with Crippen molar-refractivity contribution in [3.8, 4) is 0 Å². The van der Waals surface area contributed by atoms with Gasteiger partial charge in [0.15, 0.2) is 0 Å². The lowest BCUT2D eigenvalue weighted by atomic mass is 10.0. The fourth-order valence-electron chi connectivity index (χ4n) is 4.07. The van der Waals surface area contributed by atoms with Gasteiger partial charge >= 0.3 is 6.09 Å². The number of nitrogens with one attached hydrogen (secondary N) is 3. The SMILES string of the molecule is C=C(CC)N(C[C@@H]1Cc2ccccc2N1)C(=O)OCc1ccc(NC(=O)C(C)NC(=O)C(N)C(C)C)cc1. The Morgan fingerprint density at radius 3 is 2.42 bits per heavy atom. The van der Waals surface area contributed by atoms with Gasteiger partial charge in [0.1, 0.15) is 12.6 Å². The van der Waals surface area contributed by atoms with Gasteiger partial charge in [0.05, 0.1) is 6.04 Å². The molecule has 2 unspecified atom stereocenters. The van der Waals surface area contributed by atoms with E-state index in [1.807, 2.05) is 39.0 Å². The average Bonchev–Trinajstić information content (AvgIpc) is 3.32. The Morgan fingerprint density at radius 2 is 1.79 bits per heavy atom. The third-order valence-electron chi connectivity index (χ3n) is 6.61. The molecule has 5 N–H and O–H groups in total. The molecular formula is C29H39N5O4.